The standard InChI is InChI=1S/C28H22O2/c1-29-21-12-8-18(9-13-21)20-11-14-23-24-7-4-16-30-28(24)25-15-10-19-5-2-3-6-22(19)27(25)26(23)17-20/h2,4-5,8-17H,3,6-7H2,1H3. The predicted molar refractivity (Wildman–Crippen MR) is 124 cm³/mol. The SMILES string of the molecule is COc1ccc(-c2ccc3c4c(c5ccc6c(c5c3c2)CCC=C6)OC=CC4)cc1. The zero-order chi connectivity index (χ0) is 20.1. The van der Waals surface area contributed by atoms with Crippen LogP contribution in [0.5, 0.6) is 11.5 Å². The number of methoxy groups -OCH3 is 1. The second-order valence-corrected chi connectivity index (χ2v) is 7.99. The summed E-state index contributed by atoms with van der Waals surface area (Å²) in [7, 11) is 1.70. The molecule has 0 spiro atoms. The first kappa shape index (κ1) is 17.3. The first-order chi connectivity index (χ1) is 14.8. The van der Waals surface area contributed by atoms with Crippen LogP contribution in [0.25, 0.3) is 38.7 Å². The highest BCUT2D eigenvalue weighted by molar-refractivity contribution is 6.15. The second-order valence-electron chi connectivity index (χ2n) is 7.99. The van der Waals surface area contributed by atoms with Crippen molar-refractivity contribution >= 4 is 27.6 Å². The van der Waals surface area contributed by atoms with Crippen LogP contribution in [0.3, 0.4) is 0 Å². The maximum Gasteiger partial charge on any atom is 0.138 e. The normalized spacial score (nSPS) is 14.4. The van der Waals surface area contributed by atoms with Crippen LogP contribution < -0.4 is 9.47 Å². The summed E-state index contributed by atoms with van der Waals surface area (Å²) in [5, 5.41) is 5.18. The molecule has 1 heterocycles. The van der Waals surface area contributed by atoms with E-state index in [1.165, 1.54) is 49.4 Å². The lowest BCUT2D eigenvalue weighted by molar-refractivity contribution is 0.415. The highest BCUT2D eigenvalue weighted by Gasteiger charge is 2.21. The third-order valence-electron chi connectivity index (χ3n) is 6.37. The molecule has 4 aromatic rings. The topological polar surface area (TPSA) is 18.5 Å². The van der Waals surface area contributed by atoms with Crippen molar-refractivity contribution in [3.8, 4) is 22.6 Å². The highest BCUT2D eigenvalue weighted by Crippen LogP contribution is 2.44. The lowest BCUT2D eigenvalue weighted by Gasteiger charge is -2.22. The van der Waals surface area contributed by atoms with Gasteiger partial charge in [0, 0.05) is 10.9 Å². The van der Waals surface area contributed by atoms with Crippen LogP contribution in [-0.4, -0.2) is 7.11 Å². The minimum Gasteiger partial charge on any atom is -0.497 e. The number of allylic oxidation sites excluding steroid dienone is 2. The third kappa shape index (κ3) is 2.57. The Morgan fingerprint density at radius 2 is 1.63 bits per heavy atom. The zero-order valence-corrected chi connectivity index (χ0v) is 16.9. The summed E-state index contributed by atoms with van der Waals surface area (Å²) in [4.78, 5) is 0. The molecule has 0 radical (unpaired) electrons. The molecule has 6 rings (SSSR count). The molecule has 2 aliphatic rings. The Bertz CT molecular complexity index is 1360. The van der Waals surface area contributed by atoms with E-state index in [2.05, 4.69) is 60.7 Å². The predicted octanol–water partition coefficient (Wildman–Crippen LogP) is 7.08. The van der Waals surface area contributed by atoms with Crippen LogP contribution in [0, 0.1) is 0 Å². The van der Waals surface area contributed by atoms with Gasteiger partial charge in [-0.1, -0.05) is 42.5 Å². The van der Waals surface area contributed by atoms with E-state index in [0.29, 0.717) is 0 Å². The smallest absolute Gasteiger partial charge is 0.138 e. The van der Waals surface area contributed by atoms with Crippen molar-refractivity contribution in [3.05, 3.63) is 89.7 Å². The molecule has 0 aromatic heterocycles. The Hall–Kier alpha value is -3.52. The number of aryl methyl sites for hydroxylation is 1. The summed E-state index contributed by atoms with van der Waals surface area (Å²) in [6, 6.07) is 19.6. The Kier molecular flexibility index (Phi) is 3.92. The Morgan fingerprint density at radius 1 is 0.800 bits per heavy atom. The maximum absolute atomic E-state index is 6.06. The Balaban J connectivity index is 1.69. The van der Waals surface area contributed by atoms with E-state index in [0.717, 1.165) is 30.8 Å². The zero-order valence-electron chi connectivity index (χ0n) is 16.9. The fourth-order valence-corrected chi connectivity index (χ4v) is 4.91. The summed E-state index contributed by atoms with van der Waals surface area (Å²) in [6.07, 6.45) is 11.5. The van der Waals surface area contributed by atoms with Gasteiger partial charge in [-0.3, -0.25) is 0 Å². The van der Waals surface area contributed by atoms with E-state index in [4.69, 9.17) is 9.47 Å². The molecule has 0 saturated carbocycles. The number of hydrogen-bond acceptors (Lipinski definition) is 2. The van der Waals surface area contributed by atoms with Crippen molar-refractivity contribution in [2.75, 3.05) is 7.11 Å². The molecular formula is C28H22O2. The van der Waals surface area contributed by atoms with Crippen LogP contribution >= 0.6 is 0 Å². The maximum atomic E-state index is 6.06. The van der Waals surface area contributed by atoms with Crippen LogP contribution in [-0.2, 0) is 12.8 Å². The van der Waals surface area contributed by atoms with Crippen molar-refractivity contribution in [2.24, 2.45) is 0 Å². The minimum absolute atomic E-state index is 0.879. The van der Waals surface area contributed by atoms with Crippen molar-refractivity contribution in [2.45, 2.75) is 19.3 Å². The Morgan fingerprint density at radius 3 is 2.50 bits per heavy atom. The lowest BCUT2D eigenvalue weighted by atomic mass is 9.85. The van der Waals surface area contributed by atoms with Gasteiger partial charge in [0.05, 0.1) is 13.4 Å². The Labute approximate surface area is 176 Å². The fourth-order valence-electron chi connectivity index (χ4n) is 4.91. The molecule has 1 aliphatic heterocycles. The molecule has 0 amide bonds. The van der Waals surface area contributed by atoms with E-state index in [-0.39, 0.29) is 0 Å². The summed E-state index contributed by atoms with van der Waals surface area (Å²) in [5.74, 6) is 1.90. The molecule has 4 aromatic carbocycles. The first-order valence-electron chi connectivity index (χ1n) is 10.5. The molecule has 30 heavy (non-hydrogen) atoms. The van der Waals surface area contributed by atoms with E-state index in [1.54, 1.807) is 7.11 Å². The molecular weight excluding hydrogens is 368 g/mol. The first-order valence-corrected chi connectivity index (χ1v) is 10.5. The highest BCUT2D eigenvalue weighted by atomic mass is 16.5. The lowest BCUT2D eigenvalue weighted by Crippen LogP contribution is -2.02. The van der Waals surface area contributed by atoms with E-state index in [9.17, 15) is 0 Å². The number of benzene rings is 4. The van der Waals surface area contributed by atoms with Gasteiger partial charge in [0.25, 0.3) is 0 Å². The quantitative estimate of drug-likeness (QED) is 0.341. The molecule has 2 heteroatoms. The van der Waals surface area contributed by atoms with Crippen LogP contribution in [0.4, 0.5) is 0 Å². The van der Waals surface area contributed by atoms with Crippen molar-refractivity contribution in [1.29, 1.82) is 0 Å². The van der Waals surface area contributed by atoms with Gasteiger partial charge in [-0.25, -0.2) is 0 Å². The molecule has 0 atom stereocenters. The van der Waals surface area contributed by atoms with Gasteiger partial charge >= 0.3 is 0 Å². The number of fused-ring (bicyclic) bond motifs is 8. The summed E-state index contributed by atoms with van der Waals surface area (Å²) < 4.78 is 11.4. The van der Waals surface area contributed by atoms with Crippen molar-refractivity contribution in [1.82, 2.24) is 0 Å². The van der Waals surface area contributed by atoms with E-state index < -0.39 is 0 Å². The summed E-state index contributed by atoms with van der Waals surface area (Å²) in [5.41, 5.74) is 6.48. The summed E-state index contributed by atoms with van der Waals surface area (Å²) >= 11 is 0. The largest absolute Gasteiger partial charge is 0.497 e. The monoisotopic (exact) mass is 390 g/mol. The molecule has 0 fully saturated rings. The van der Waals surface area contributed by atoms with Crippen LogP contribution in [0.15, 0.2) is 73.0 Å². The van der Waals surface area contributed by atoms with Crippen molar-refractivity contribution < 1.29 is 9.47 Å². The van der Waals surface area contributed by atoms with Gasteiger partial charge in [0.15, 0.2) is 0 Å². The number of hydrogen-bond donors (Lipinski definition) is 0. The van der Waals surface area contributed by atoms with Gasteiger partial charge in [-0.2, -0.15) is 0 Å². The van der Waals surface area contributed by atoms with Gasteiger partial charge in [0.2, 0.25) is 0 Å². The fraction of sp³-hybridized carbons (Fsp3) is 0.143. The number of ether oxygens (including phenoxy) is 2. The molecule has 0 bridgehead atoms. The average Bonchev–Trinajstić information content (AvgIpc) is 2.83. The summed E-state index contributed by atoms with van der Waals surface area (Å²) in [6.45, 7) is 0. The van der Waals surface area contributed by atoms with Gasteiger partial charge in [-0.05, 0) is 88.0 Å². The molecule has 2 nitrogen and oxygen atoms in total. The molecule has 0 N–H and O–H groups in total. The van der Waals surface area contributed by atoms with Crippen LogP contribution in [0.2, 0.25) is 0 Å². The molecule has 1 aliphatic carbocycles. The third-order valence-corrected chi connectivity index (χ3v) is 6.37. The number of rotatable bonds is 2. The van der Waals surface area contributed by atoms with E-state index in [1.807, 2.05) is 18.4 Å². The second kappa shape index (κ2) is 6.77. The van der Waals surface area contributed by atoms with Crippen LogP contribution in [0.1, 0.15) is 23.1 Å². The average molecular weight is 390 g/mol. The van der Waals surface area contributed by atoms with Gasteiger partial charge in [0.1, 0.15) is 11.5 Å². The van der Waals surface area contributed by atoms with Gasteiger partial charge in [-0.15, -0.1) is 0 Å². The minimum atomic E-state index is 0.879. The molecule has 146 valence electrons. The molecule has 0 unspecified atom stereocenters. The van der Waals surface area contributed by atoms with Crippen molar-refractivity contribution in [3.63, 3.8) is 0 Å². The van der Waals surface area contributed by atoms with Gasteiger partial charge < -0.3 is 9.47 Å². The van der Waals surface area contributed by atoms with E-state index >= 15 is 0 Å². The molecule has 0 saturated heterocycles.